The van der Waals surface area contributed by atoms with Gasteiger partial charge in [0.05, 0.1) is 13.7 Å². The number of phenols is 2. The first kappa shape index (κ1) is 14.9. The van der Waals surface area contributed by atoms with Gasteiger partial charge in [0.1, 0.15) is 17.2 Å². The first-order valence-electron chi connectivity index (χ1n) is 6.53. The van der Waals surface area contributed by atoms with Crippen LogP contribution in [0.4, 0.5) is 0 Å². The molecule has 0 saturated carbocycles. The monoisotopic (exact) mass is 286 g/mol. The number of methoxy groups -OCH3 is 1. The molecule has 0 radical (unpaired) electrons. The number of para-hydroxylation sites is 1. The molecular formula is C17H18O4. The third-order valence-corrected chi connectivity index (χ3v) is 3.44. The quantitative estimate of drug-likeness (QED) is 0.739. The summed E-state index contributed by atoms with van der Waals surface area (Å²) in [4.78, 5) is 0. The topological polar surface area (TPSA) is 69.9 Å². The zero-order valence-electron chi connectivity index (χ0n) is 11.8. The Morgan fingerprint density at radius 2 is 1.86 bits per heavy atom. The molecule has 0 fully saturated rings. The van der Waals surface area contributed by atoms with Crippen LogP contribution in [0.3, 0.4) is 0 Å². The molecule has 0 saturated heterocycles. The van der Waals surface area contributed by atoms with Crippen molar-refractivity contribution in [3.63, 3.8) is 0 Å². The molecule has 0 aliphatic carbocycles. The van der Waals surface area contributed by atoms with Crippen LogP contribution in [0, 0.1) is 0 Å². The summed E-state index contributed by atoms with van der Waals surface area (Å²) >= 11 is 0. The Balaban J connectivity index is 2.60. The minimum Gasteiger partial charge on any atom is -0.508 e. The Morgan fingerprint density at radius 3 is 2.43 bits per heavy atom. The van der Waals surface area contributed by atoms with Gasteiger partial charge >= 0.3 is 0 Å². The van der Waals surface area contributed by atoms with E-state index in [9.17, 15) is 15.3 Å². The Kier molecular flexibility index (Phi) is 4.50. The van der Waals surface area contributed by atoms with Crippen LogP contribution in [-0.2, 0) is 6.61 Å². The highest BCUT2D eigenvalue weighted by Gasteiger charge is 2.20. The second kappa shape index (κ2) is 6.33. The molecular weight excluding hydrogens is 268 g/mol. The van der Waals surface area contributed by atoms with E-state index in [2.05, 4.69) is 6.58 Å². The summed E-state index contributed by atoms with van der Waals surface area (Å²) in [6.45, 7) is 3.52. The van der Waals surface area contributed by atoms with Crippen LogP contribution >= 0.6 is 0 Å². The normalized spacial score (nSPS) is 11.9. The van der Waals surface area contributed by atoms with Crippen LogP contribution in [0.1, 0.15) is 22.6 Å². The summed E-state index contributed by atoms with van der Waals surface area (Å²) in [5.41, 5.74) is 1.72. The smallest absolute Gasteiger partial charge is 0.123 e. The number of rotatable bonds is 5. The highest BCUT2D eigenvalue weighted by Crippen LogP contribution is 2.39. The van der Waals surface area contributed by atoms with Gasteiger partial charge < -0.3 is 20.1 Å². The van der Waals surface area contributed by atoms with Crippen molar-refractivity contribution in [2.75, 3.05) is 7.11 Å². The lowest BCUT2D eigenvalue weighted by molar-refractivity contribution is 0.274. The van der Waals surface area contributed by atoms with Crippen molar-refractivity contribution in [1.29, 1.82) is 0 Å². The number of phenolic OH excluding ortho intramolecular Hbond substituents is 1. The van der Waals surface area contributed by atoms with Crippen LogP contribution in [0.15, 0.2) is 49.1 Å². The van der Waals surface area contributed by atoms with Gasteiger partial charge in [-0.25, -0.2) is 0 Å². The molecule has 0 aliphatic rings. The van der Waals surface area contributed by atoms with E-state index < -0.39 is 0 Å². The van der Waals surface area contributed by atoms with Gasteiger partial charge in [0.2, 0.25) is 0 Å². The minimum atomic E-state index is -0.334. The second-order valence-corrected chi connectivity index (χ2v) is 4.65. The van der Waals surface area contributed by atoms with E-state index in [4.69, 9.17) is 4.74 Å². The SMILES string of the molecule is C=CC(c1ccccc1O)c1cc(O)c(CO)cc1OC. The van der Waals surface area contributed by atoms with Gasteiger partial charge in [-0.1, -0.05) is 24.3 Å². The lowest BCUT2D eigenvalue weighted by Gasteiger charge is -2.19. The van der Waals surface area contributed by atoms with Crippen molar-refractivity contribution in [2.45, 2.75) is 12.5 Å². The number of benzene rings is 2. The number of allylic oxidation sites excluding steroid dienone is 1. The Morgan fingerprint density at radius 1 is 1.14 bits per heavy atom. The molecule has 0 aromatic heterocycles. The van der Waals surface area contributed by atoms with Crippen molar-refractivity contribution >= 4 is 0 Å². The molecule has 0 aliphatic heterocycles. The molecule has 0 bridgehead atoms. The summed E-state index contributed by atoms with van der Waals surface area (Å²) in [6.07, 6.45) is 1.67. The summed E-state index contributed by atoms with van der Waals surface area (Å²) in [6, 6.07) is 10.1. The number of hydrogen-bond donors (Lipinski definition) is 3. The average Bonchev–Trinajstić information content (AvgIpc) is 2.50. The number of aliphatic hydroxyl groups is 1. The van der Waals surface area contributed by atoms with Crippen LogP contribution in [-0.4, -0.2) is 22.4 Å². The van der Waals surface area contributed by atoms with E-state index in [1.165, 1.54) is 13.2 Å². The number of ether oxygens (including phenoxy) is 1. The Bertz CT molecular complexity index is 649. The van der Waals surface area contributed by atoms with Crippen LogP contribution in [0.2, 0.25) is 0 Å². The van der Waals surface area contributed by atoms with E-state index in [0.29, 0.717) is 22.4 Å². The molecule has 110 valence electrons. The van der Waals surface area contributed by atoms with Gasteiger partial charge in [0.25, 0.3) is 0 Å². The lowest BCUT2D eigenvalue weighted by Crippen LogP contribution is -2.02. The third kappa shape index (κ3) is 2.85. The predicted molar refractivity (Wildman–Crippen MR) is 80.7 cm³/mol. The van der Waals surface area contributed by atoms with Crippen molar-refractivity contribution in [2.24, 2.45) is 0 Å². The van der Waals surface area contributed by atoms with Crippen LogP contribution in [0.5, 0.6) is 17.2 Å². The van der Waals surface area contributed by atoms with Crippen molar-refractivity contribution in [1.82, 2.24) is 0 Å². The first-order valence-corrected chi connectivity index (χ1v) is 6.53. The molecule has 3 N–H and O–H groups in total. The van der Waals surface area contributed by atoms with Gasteiger partial charge in [-0.15, -0.1) is 6.58 Å². The minimum absolute atomic E-state index is 0.0180. The standard InChI is InChI=1S/C17H18O4/c1-3-12(13-6-4-5-7-15(13)19)14-9-16(20)11(10-18)8-17(14)21-2/h3-9,12,18-20H,1,10H2,2H3. The summed E-state index contributed by atoms with van der Waals surface area (Å²) in [5, 5.41) is 29.2. The maximum absolute atomic E-state index is 10.0. The average molecular weight is 286 g/mol. The van der Waals surface area contributed by atoms with Crippen molar-refractivity contribution < 1.29 is 20.1 Å². The van der Waals surface area contributed by atoms with Gasteiger partial charge in [-0.3, -0.25) is 0 Å². The van der Waals surface area contributed by atoms with Gasteiger partial charge in [-0.2, -0.15) is 0 Å². The molecule has 1 unspecified atom stereocenters. The molecule has 2 aromatic carbocycles. The summed E-state index contributed by atoms with van der Waals surface area (Å²) in [5.74, 6) is 0.315. The maximum atomic E-state index is 10.0. The largest absolute Gasteiger partial charge is 0.508 e. The molecule has 0 heterocycles. The zero-order chi connectivity index (χ0) is 15.4. The van der Waals surface area contributed by atoms with E-state index in [0.717, 1.165) is 0 Å². The third-order valence-electron chi connectivity index (χ3n) is 3.44. The summed E-state index contributed by atoms with van der Waals surface area (Å²) in [7, 11) is 1.52. The Labute approximate surface area is 123 Å². The zero-order valence-corrected chi connectivity index (χ0v) is 11.8. The van der Waals surface area contributed by atoms with Crippen LogP contribution in [0.25, 0.3) is 0 Å². The fourth-order valence-electron chi connectivity index (χ4n) is 2.35. The van der Waals surface area contributed by atoms with E-state index in [1.54, 1.807) is 30.3 Å². The van der Waals surface area contributed by atoms with Crippen molar-refractivity contribution in [3.05, 3.63) is 65.7 Å². The predicted octanol–water partition coefficient (Wildman–Crippen LogP) is 2.92. The molecule has 21 heavy (non-hydrogen) atoms. The van der Waals surface area contributed by atoms with Gasteiger partial charge in [0, 0.05) is 22.6 Å². The van der Waals surface area contributed by atoms with Crippen LogP contribution < -0.4 is 4.74 Å². The molecule has 2 aromatic rings. The van der Waals surface area contributed by atoms with Crippen molar-refractivity contribution in [3.8, 4) is 17.2 Å². The number of aliphatic hydroxyl groups excluding tert-OH is 1. The Hall–Kier alpha value is -2.46. The molecule has 4 heteroatoms. The highest BCUT2D eigenvalue weighted by atomic mass is 16.5. The van der Waals surface area contributed by atoms with E-state index >= 15 is 0 Å². The van der Waals surface area contributed by atoms with E-state index in [1.807, 2.05) is 6.07 Å². The molecule has 2 rings (SSSR count). The molecule has 4 nitrogen and oxygen atoms in total. The molecule has 1 atom stereocenters. The number of aromatic hydroxyl groups is 2. The van der Waals surface area contributed by atoms with E-state index in [-0.39, 0.29) is 24.0 Å². The first-order chi connectivity index (χ1) is 10.1. The summed E-state index contributed by atoms with van der Waals surface area (Å²) < 4.78 is 5.34. The van der Waals surface area contributed by atoms with Gasteiger partial charge in [0.15, 0.2) is 0 Å². The maximum Gasteiger partial charge on any atom is 0.123 e. The fraction of sp³-hybridized carbons (Fsp3) is 0.176. The highest BCUT2D eigenvalue weighted by molar-refractivity contribution is 5.53. The number of hydrogen-bond acceptors (Lipinski definition) is 4. The molecule has 0 amide bonds. The van der Waals surface area contributed by atoms with Gasteiger partial charge in [-0.05, 0) is 18.2 Å². The molecule has 0 spiro atoms. The fourth-order valence-corrected chi connectivity index (χ4v) is 2.35. The second-order valence-electron chi connectivity index (χ2n) is 4.65. The lowest BCUT2D eigenvalue weighted by atomic mass is 9.89.